The van der Waals surface area contributed by atoms with E-state index in [2.05, 4.69) is 15.5 Å². The highest BCUT2D eigenvalue weighted by molar-refractivity contribution is 6.35. The van der Waals surface area contributed by atoms with Crippen molar-refractivity contribution in [3.63, 3.8) is 0 Å². The van der Waals surface area contributed by atoms with E-state index in [4.69, 9.17) is 17.3 Å². The molecule has 3 aromatic carbocycles. The molecule has 124 valence electrons. The maximum Gasteiger partial charge on any atom is 0.214 e. The van der Waals surface area contributed by atoms with Gasteiger partial charge in [0.05, 0.1) is 16.4 Å². The van der Waals surface area contributed by atoms with Crippen LogP contribution in [0.2, 0.25) is 5.02 Å². The molecule has 0 aliphatic heterocycles. The fourth-order valence-corrected chi connectivity index (χ4v) is 2.53. The maximum atomic E-state index is 6.34. The van der Waals surface area contributed by atoms with Crippen LogP contribution in [-0.4, -0.2) is 11.7 Å². The largest absolute Gasteiger partial charge is 0.368 e. The predicted molar refractivity (Wildman–Crippen MR) is 104 cm³/mol. The number of para-hydroxylation sites is 1. The lowest BCUT2D eigenvalue weighted by molar-refractivity contribution is 1.01. The van der Waals surface area contributed by atoms with E-state index in [1.807, 2.05) is 84.9 Å². The molecule has 3 rings (SSSR count). The van der Waals surface area contributed by atoms with Crippen molar-refractivity contribution in [1.29, 1.82) is 0 Å². The molecule has 0 aromatic heterocycles. The Hall–Kier alpha value is -3.11. The summed E-state index contributed by atoms with van der Waals surface area (Å²) >= 11 is 6.34. The van der Waals surface area contributed by atoms with Gasteiger partial charge in [-0.3, -0.25) is 0 Å². The summed E-state index contributed by atoms with van der Waals surface area (Å²) in [6, 6.07) is 26.8. The topological polar surface area (TPSA) is 62.8 Å². The Labute approximate surface area is 151 Å². The molecule has 3 aromatic rings. The maximum absolute atomic E-state index is 6.34. The minimum absolute atomic E-state index is 0.201. The number of nitrogens with two attached hydrogens (primary N) is 1. The van der Waals surface area contributed by atoms with Gasteiger partial charge in [0.1, 0.15) is 0 Å². The van der Waals surface area contributed by atoms with Gasteiger partial charge in [0.2, 0.25) is 5.96 Å². The van der Waals surface area contributed by atoms with E-state index < -0.39 is 0 Å². The Balaban J connectivity index is 1.94. The molecular formula is C20H17ClN4. The van der Waals surface area contributed by atoms with Crippen LogP contribution in [-0.2, 0) is 0 Å². The van der Waals surface area contributed by atoms with Crippen LogP contribution < -0.4 is 11.2 Å². The first-order valence-corrected chi connectivity index (χ1v) is 8.15. The molecule has 0 unspecified atom stereocenters. The van der Waals surface area contributed by atoms with Crippen molar-refractivity contribution < 1.29 is 0 Å². The molecule has 0 saturated carbocycles. The van der Waals surface area contributed by atoms with Gasteiger partial charge in [-0.05, 0) is 18.2 Å². The van der Waals surface area contributed by atoms with Crippen molar-refractivity contribution in [3.8, 4) is 0 Å². The van der Waals surface area contributed by atoms with Crippen LogP contribution in [0, 0.1) is 0 Å². The van der Waals surface area contributed by atoms with Gasteiger partial charge >= 0.3 is 0 Å². The monoisotopic (exact) mass is 348 g/mol. The average molecular weight is 349 g/mol. The average Bonchev–Trinajstić information content (AvgIpc) is 2.65. The summed E-state index contributed by atoms with van der Waals surface area (Å²) in [6.07, 6.45) is 0. The standard InChI is InChI=1S/C20H17ClN4/c21-18-14-8-7-13-17(18)19(15-9-3-1-4-10-15)24-25-20(22)23-16-11-5-2-6-12-16/h1-14H,(H3,22,23,25)/b24-19+. The smallest absolute Gasteiger partial charge is 0.214 e. The number of nitrogens with zero attached hydrogens (tertiary/aromatic N) is 2. The molecule has 0 aliphatic rings. The van der Waals surface area contributed by atoms with Crippen LogP contribution in [0.3, 0.4) is 0 Å². The van der Waals surface area contributed by atoms with E-state index in [1.54, 1.807) is 0 Å². The lowest BCUT2D eigenvalue weighted by atomic mass is 10.0. The second-order valence-corrected chi connectivity index (χ2v) is 5.66. The van der Waals surface area contributed by atoms with Crippen LogP contribution in [0.25, 0.3) is 0 Å². The lowest BCUT2D eigenvalue weighted by Gasteiger charge is -2.10. The van der Waals surface area contributed by atoms with Gasteiger partial charge in [-0.15, -0.1) is 0 Å². The van der Waals surface area contributed by atoms with E-state index in [0.717, 1.165) is 16.8 Å². The second-order valence-electron chi connectivity index (χ2n) is 5.25. The van der Waals surface area contributed by atoms with E-state index >= 15 is 0 Å². The molecule has 0 radical (unpaired) electrons. The summed E-state index contributed by atoms with van der Waals surface area (Å²) in [7, 11) is 0. The number of benzene rings is 3. The van der Waals surface area contributed by atoms with Gasteiger partial charge < -0.3 is 5.73 Å². The van der Waals surface area contributed by atoms with Crippen molar-refractivity contribution >= 4 is 29.0 Å². The quantitative estimate of drug-likeness (QED) is 0.419. The minimum Gasteiger partial charge on any atom is -0.368 e. The summed E-state index contributed by atoms with van der Waals surface area (Å²) in [5, 5.41) is 5.06. The molecule has 0 saturated heterocycles. The number of rotatable bonds is 4. The first-order chi connectivity index (χ1) is 12.2. The Morgan fingerprint density at radius 1 is 0.800 bits per heavy atom. The molecule has 0 bridgehead atoms. The molecule has 25 heavy (non-hydrogen) atoms. The number of nitrogens with one attached hydrogen (secondary N) is 1. The molecule has 3 N–H and O–H groups in total. The van der Waals surface area contributed by atoms with Crippen molar-refractivity contribution in [3.05, 3.63) is 101 Å². The number of guanidine groups is 1. The zero-order chi connectivity index (χ0) is 17.5. The molecule has 4 nitrogen and oxygen atoms in total. The van der Waals surface area contributed by atoms with Gasteiger partial charge in [0, 0.05) is 11.1 Å². The zero-order valence-corrected chi connectivity index (χ0v) is 14.2. The lowest BCUT2D eigenvalue weighted by Crippen LogP contribution is -2.28. The first kappa shape index (κ1) is 16.7. The van der Waals surface area contributed by atoms with Crippen molar-refractivity contribution in [2.24, 2.45) is 15.8 Å². The Bertz CT molecular complexity index is 890. The SMILES string of the molecule is NC(=Nc1ccccc1)N/N=C(\c1ccccc1)c1ccccc1Cl. The van der Waals surface area contributed by atoms with Crippen molar-refractivity contribution in [2.75, 3.05) is 0 Å². The molecule has 0 atom stereocenters. The van der Waals surface area contributed by atoms with Gasteiger partial charge in [-0.25, -0.2) is 10.4 Å². The predicted octanol–water partition coefficient (Wildman–Crippen LogP) is 4.33. The van der Waals surface area contributed by atoms with Gasteiger partial charge in [0.25, 0.3) is 0 Å². The molecule has 0 fully saturated rings. The van der Waals surface area contributed by atoms with E-state index in [9.17, 15) is 0 Å². The highest BCUT2D eigenvalue weighted by Gasteiger charge is 2.10. The third kappa shape index (κ3) is 4.46. The van der Waals surface area contributed by atoms with Crippen LogP contribution in [0.4, 0.5) is 5.69 Å². The van der Waals surface area contributed by atoms with E-state index in [0.29, 0.717) is 10.7 Å². The molecule has 5 heteroatoms. The summed E-state index contributed by atoms with van der Waals surface area (Å²) in [4.78, 5) is 4.28. The van der Waals surface area contributed by atoms with Gasteiger partial charge in [-0.2, -0.15) is 5.10 Å². The number of halogens is 1. The summed E-state index contributed by atoms with van der Waals surface area (Å²) in [5.41, 5.74) is 11.9. The first-order valence-electron chi connectivity index (χ1n) is 7.77. The normalized spacial score (nSPS) is 12.0. The summed E-state index contributed by atoms with van der Waals surface area (Å²) in [6.45, 7) is 0. The molecular weight excluding hydrogens is 332 g/mol. The number of hydrogen-bond donors (Lipinski definition) is 2. The third-order valence-corrected chi connectivity index (χ3v) is 3.79. The van der Waals surface area contributed by atoms with Crippen molar-refractivity contribution in [2.45, 2.75) is 0 Å². The summed E-state index contributed by atoms with van der Waals surface area (Å²) < 4.78 is 0. The zero-order valence-electron chi connectivity index (χ0n) is 13.4. The number of hydrogen-bond acceptors (Lipinski definition) is 2. The van der Waals surface area contributed by atoms with E-state index in [1.165, 1.54) is 0 Å². The van der Waals surface area contributed by atoms with Crippen LogP contribution in [0.5, 0.6) is 0 Å². The summed E-state index contributed by atoms with van der Waals surface area (Å²) in [5.74, 6) is 0.201. The van der Waals surface area contributed by atoms with Crippen LogP contribution >= 0.6 is 11.6 Å². The third-order valence-electron chi connectivity index (χ3n) is 3.46. The number of aliphatic imine (C=N–C) groups is 1. The molecule has 0 aliphatic carbocycles. The molecule has 0 heterocycles. The fraction of sp³-hybridized carbons (Fsp3) is 0. The highest BCUT2D eigenvalue weighted by atomic mass is 35.5. The Kier molecular flexibility index (Phi) is 5.44. The fourth-order valence-electron chi connectivity index (χ4n) is 2.31. The molecule has 0 amide bonds. The highest BCUT2D eigenvalue weighted by Crippen LogP contribution is 2.19. The van der Waals surface area contributed by atoms with Crippen molar-refractivity contribution in [1.82, 2.24) is 5.43 Å². The van der Waals surface area contributed by atoms with Gasteiger partial charge in [0.15, 0.2) is 0 Å². The van der Waals surface area contributed by atoms with Crippen LogP contribution in [0.1, 0.15) is 11.1 Å². The van der Waals surface area contributed by atoms with Crippen LogP contribution in [0.15, 0.2) is 95.0 Å². The number of hydrazone groups is 1. The molecule has 0 spiro atoms. The van der Waals surface area contributed by atoms with Gasteiger partial charge in [-0.1, -0.05) is 78.3 Å². The Morgan fingerprint density at radius 2 is 1.40 bits per heavy atom. The second kappa shape index (κ2) is 8.13. The van der Waals surface area contributed by atoms with E-state index in [-0.39, 0.29) is 5.96 Å². The minimum atomic E-state index is 0.201. The Morgan fingerprint density at radius 3 is 2.08 bits per heavy atom.